The molecular formula is C15H12FN5O. The molecule has 1 aromatic carbocycles. The molecule has 0 fully saturated rings. The van der Waals surface area contributed by atoms with E-state index in [4.69, 9.17) is 0 Å². The minimum Gasteiger partial charge on any atom is -0.332 e. The summed E-state index contributed by atoms with van der Waals surface area (Å²) in [6.45, 7) is 1.04. The van der Waals surface area contributed by atoms with Crippen molar-refractivity contribution in [3.05, 3.63) is 53.5 Å². The number of amides is 1. The van der Waals surface area contributed by atoms with Crippen molar-refractivity contribution in [2.75, 3.05) is 6.54 Å². The monoisotopic (exact) mass is 297 g/mol. The van der Waals surface area contributed by atoms with Gasteiger partial charge >= 0.3 is 0 Å². The molecule has 1 N–H and O–H groups in total. The first-order chi connectivity index (χ1) is 10.7. The zero-order valence-electron chi connectivity index (χ0n) is 11.6. The molecule has 4 rings (SSSR count). The van der Waals surface area contributed by atoms with Gasteiger partial charge in [-0.3, -0.25) is 9.89 Å². The first kappa shape index (κ1) is 12.9. The first-order valence-electron chi connectivity index (χ1n) is 6.93. The van der Waals surface area contributed by atoms with Gasteiger partial charge in [0.25, 0.3) is 5.91 Å². The van der Waals surface area contributed by atoms with Gasteiger partial charge in [-0.15, -0.1) is 0 Å². The second-order valence-electron chi connectivity index (χ2n) is 5.23. The predicted octanol–water partition coefficient (Wildman–Crippen LogP) is 1.69. The molecule has 6 nitrogen and oxygen atoms in total. The Morgan fingerprint density at radius 1 is 1.36 bits per heavy atom. The molecule has 110 valence electrons. The van der Waals surface area contributed by atoms with Crippen molar-refractivity contribution in [2.45, 2.75) is 13.0 Å². The summed E-state index contributed by atoms with van der Waals surface area (Å²) in [6.07, 6.45) is 3.95. The minimum atomic E-state index is -0.362. The smallest absolute Gasteiger partial charge is 0.275 e. The van der Waals surface area contributed by atoms with Crippen molar-refractivity contribution in [3.63, 3.8) is 0 Å². The maximum Gasteiger partial charge on any atom is 0.275 e. The normalized spacial score (nSPS) is 14.1. The first-order valence-corrected chi connectivity index (χ1v) is 6.93. The molecule has 3 aromatic rings. The van der Waals surface area contributed by atoms with Gasteiger partial charge in [-0.2, -0.15) is 5.10 Å². The molecule has 1 aliphatic heterocycles. The Morgan fingerprint density at radius 3 is 3.18 bits per heavy atom. The van der Waals surface area contributed by atoms with Gasteiger partial charge in [0, 0.05) is 36.7 Å². The van der Waals surface area contributed by atoms with Gasteiger partial charge in [0.2, 0.25) is 0 Å². The lowest BCUT2D eigenvalue weighted by molar-refractivity contribution is 0.0729. The zero-order chi connectivity index (χ0) is 15.1. The highest BCUT2D eigenvalue weighted by atomic mass is 19.1. The standard InChI is InChI=1S/C15H12FN5O/c16-10-1-2-11-13(5-10)19-20-14(11)15(22)21-4-3-12-9(7-21)6-17-8-18-12/h1-2,5-6,8H,3-4,7H2,(H,19,20). The number of carbonyl (C=O) groups is 1. The van der Waals surface area contributed by atoms with Gasteiger partial charge in [0.05, 0.1) is 11.2 Å². The van der Waals surface area contributed by atoms with Crippen molar-refractivity contribution in [3.8, 4) is 0 Å². The van der Waals surface area contributed by atoms with Crippen molar-refractivity contribution in [2.24, 2.45) is 0 Å². The van der Waals surface area contributed by atoms with Crippen molar-refractivity contribution in [1.29, 1.82) is 0 Å². The number of hydrogen-bond donors (Lipinski definition) is 1. The highest BCUT2D eigenvalue weighted by Crippen LogP contribution is 2.22. The molecule has 0 aliphatic carbocycles. The molecule has 0 unspecified atom stereocenters. The van der Waals surface area contributed by atoms with Crippen LogP contribution in [0.1, 0.15) is 21.7 Å². The van der Waals surface area contributed by atoms with Crippen LogP contribution in [0, 0.1) is 5.82 Å². The van der Waals surface area contributed by atoms with E-state index in [0.717, 1.165) is 11.3 Å². The van der Waals surface area contributed by atoms with E-state index in [1.807, 2.05) is 0 Å². The van der Waals surface area contributed by atoms with Crippen molar-refractivity contribution in [1.82, 2.24) is 25.1 Å². The number of aromatic nitrogens is 4. The van der Waals surface area contributed by atoms with Crippen LogP contribution >= 0.6 is 0 Å². The fourth-order valence-corrected chi connectivity index (χ4v) is 2.74. The number of benzene rings is 1. The van der Waals surface area contributed by atoms with Crippen LogP contribution < -0.4 is 0 Å². The largest absolute Gasteiger partial charge is 0.332 e. The Bertz CT molecular complexity index is 875. The predicted molar refractivity (Wildman–Crippen MR) is 76.5 cm³/mol. The number of rotatable bonds is 1. The molecule has 1 aliphatic rings. The van der Waals surface area contributed by atoms with E-state index in [2.05, 4.69) is 20.2 Å². The molecule has 0 spiro atoms. The summed E-state index contributed by atoms with van der Waals surface area (Å²) in [7, 11) is 0. The van der Waals surface area contributed by atoms with Gasteiger partial charge in [-0.1, -0.05) is 0 Å². The summed E-state index contributed by atoms with van der Waals surface area (Å²) in [5.41, 5.74) is 2.76. The number of hydrogen-bond acceptors (Lipinski definition) is 4. The second-order valence-corrected chi connectivity index (χ2v) is 5.23. The minimum absolute atomic E-state index is 0.174. The Balaban J connectivity index is 1.67. The fraction of sp³-hybridized carbons (Fsp3) is 0.200. The molecule has 7 heteroatoms. The molecule has 0 atom stereocenters. The summed E-state index contributed by atoms with van der Waals surface area (Å²) in [5.74, 6) is -0.536. The number of carbonyl (C=O) groups excluding carboxylic acids is 1. The lowest BCUT2D eigenvalue weighted by Crippen LogP contribution is -2.36. The molecule has 0 bridgehead atoms. The van der Waals surface area contributed by atoms with Crippen LogP contribution in [0.25, 0.3) is 10.9 Å². The number of fused-ring (bicyclic) bond motifs is 2. The van der Waals surface area contributed by atoms with E-state index >= 15 is 0 Å². The lowest BCUT2D eigenvalue weighted by atomic mass is 10.1. The van der Waals surface area contributed by atoms with Crippen LogP contribution in [0.4, 0.5) is 4.39 Å². The third-order valence-electron chi connectivity index (χ3n) is 3.88. The van der Waals surface area contributed by atoms with Crippen LogP contribution in [-0.4, -0.2) is 37.5 Å². The summed E-state index contributed by atoms with van der Waals surface area (Å²) in [5, 5.41) is 7.39. The zero-order valence-corrected chi connectivity index (χ0v) is 11.6. The Hall–Kier alpha value is -2.83. The van der Waals surface area contributed by atoms with Crippen molar-refractivity contribution >= 4 is 16.8 Å². The van der Waals surface area contributed by atoms with Gasteiger partial charge in [0.15, 0.2) is 5.69 Å². The Labute approximate surface area is 125 Å². The maximum atomic E-state index is 13.2. The van der Waals surface area contributed by atoms with E-state index < -0.39 is 0 Å². The molecular weight excluding hydrogens is 285 g/mol. The summed E-state index contributed by atoms with van der Waals surface area (Å²) in [6, 6.07) is 4.23. The SMILES string of the molecule is O=C(c1n[nH]c2cc(F)ccc12)N1CCc2ncncc2C1. The van der Waals surface area contributed by atoms with E-state index in [1.165, 1.54) is 18.5 Å². The van der Waals surface area contributed by atoms with Gasteiger partial charge in [-0.05, 0) is 18.2 Å². The van der Waals surface area contributed by atoms with E-state index in [1.54, 1.807) is 17.2 Å². The van der Waals surface area contributed by atoms with Crippen LogP contribution in [0.3, 0.4) is 0 Å². The highest BCUT2D eigenvalue weighted by molar-refractivity contribution is 6.04. The van der Waals surface area contributed by atoms with Crippen LogP contribution in [0.5, 0.6) is 0 Å². The molecule has 22 heavy (non-hydrogen) atoms. The molecule has 1 amide bonds. The molecule has 0 radical (unpaired) electrons. The number of nitrogens with one attached hydrogen (secondary N) is 1. The third kappa shape index (κ3) is 2.02. The van der Waals surface area contributed by atoms with E-state index in [-0.39, 0.29) is 11.7 Å². The maximum absolute atomic E-state index is 13.2. The highest BCUT2D eigenvalue weighted by Gasteiger charge is 2.25. The quantitative estimate of drug-likeness (QED) is 0.741. The number of nitrogens with zero attached hydrogens (tertiary/aromatic N) is 4. The van der Waals surface area contributed by atoms with Crippen LogP contribution in [0.2, 0.25) is 0 Å². The summed E-state index contributed by atoms with van der Waals surface area (Å²) < 4.78 is 13.2. The number of halogens is 1. The molecule has 3 heterocycles. The van der Waals surface area contributed by atoms with E-state index in [0.29, 0.717) is 36.1 Å². The fourth-order valence-electron chi connectivity index (χ4n) is 2.74. The Kier molecular flexibility index (Phi) is 2.85. The average molecular weight is 297 g/mol. The number of H-pyrrole nitrogens is 1. The van der Waals surface area contributed by atoms with Crippen LogP contribution in [0.15, 0.2) is 30.7 Å². The van der Waals surface area contributed by atoms with Crippen LogP contribution in [-0.2, 0) is 13.0 Å². The van der Waals surface area contributed by atoms with Gasteiger partial charge in [0.1, 0.15) is 12.1 Å². The number of aromatic amines is 1. The van der Waals surface area contributed by atoms with Gasteiger partial charge < -0.3 is 4.90 Å². The van der Waals surface area contributed by atoms with E-state index in [9.17, 15) is 9.18 Å². The summed E-state index contributed by atoms with van der Waals surface area (Å²) >= 11 is 0. The van der Waals surface area contributed by atoms with Gasteiger partial charge in [-0.25, -0.2) is 14.4 Å². The third-order valence-corrected chi connectivity index (χ3v) is 3.88. The molecule has 2 aromatic heterocycles. The topological polar surface area (TPSA) is 74.8 Å². The lowest BCUT2D eigenvalue weighted by Gasteiger charge is -2.27. The molecule has 0 saturated carbocycles. The van der Waals surface area contributed by atoms with Crippen molar-refractivity contribution < 1.29 is 9.18 Å². The second kappa shape index (κ2) is 4.87. The molecule has 0 saturated heterocycles. The Morgan fingerprint density at radius 2 is 2.27 bits per heavy atom. The average Bonchev–Trinajstić information content (AvgIpc) is 2.96. The summed E-state index contributed by atoms with van der Waals surface area (Å²) in [4.78, 5) is 22.6.